The molecule has 0 heterocycles. The maximum atomic E-state index is 6.56. The Morgan fingerprint density at radius 3 is 2.75 bits per heavy atom. The Labute approximate surface area is 50.8 Å². The SMILES string of the molecule is [C-]#[N+]C(C)/C=C/CC. The van der Waals surface area contributed by atoms with Gasteiger partial charge in [0.25, 0.3) is 0 Å². The fourth-order valence-corrected chi connectivity index (χ4v) is 0.376. The predicted molar refractivity (Wildman–Crippen MR) is 35.5 cm³/mol. The van der Waals surface area contributed by atoms with Gasteiger partial charge in [-0.15, -0.1) is 0 Å². The molecule has 0 saturated carbocycles. The van der Waals surface area contributed by atoms with Crippen molar-refractivity contribution in [2.45, 2.75) is 26.3 Å². The largest absolute Gasteiger partial charge is 0.309 e. The van der Waals surface area contributed by atoms with E-state index in [1.807, 2.05) is 19.1 Å². The molecule has 0 fully saturated rings. The summed E-state index contributed by atoms with van der Waals surface area (Å²) in [5.74, 6) is 0. The lowest BCUT2D eigenvalue weighted by Gasteiger charge is -1.83. The van der Waals surface area contributed by atoms with E-state index in [-0.39, 0.29) is 6.04 Å². The summed E-state index contributed by atoms with van der Waals surface area (Å²) in [5, 5.41) is 0. The van der Waals surface area contributed by atoms with E-state index < -0.39 is 0 Å². The van der Waals surface area contributed by atoms with Gasteiger partial charge < -0.3 is 4.85 Å². The van der Waals surface area contributed by atoms with Crippen molar-refractivity contribution < 1.29 is 0 Å². The molecule has 0 aromatic rings. The van der Waals surface area contributed by atoms with Gasteiger partial charge in [0.05, 0.1) is 0 Å². The van der Waals surface area contributed by atoms with E-state index in [0.717, 1.165) is 6.42 Å². The molecular weight excluding hydrogens is 98.1 g/mol. The van der Waals surface area contributed by atoms with E-state index in [0.29, 0.717) is 0 Å². The summed E-state index contributed by atoms with van der Waals surface area (Å²) in [4.78, 5) is 3.29. The van der Waals surface area contributed by atoms with Crippen molar-refractivity contribution in [3.63, 3.8) is 0 Å². The molecule has 0 aliphatic carbocycles. The minimum absolute atomic E-state index is 0.0648. The molecule has 0 radical (unpaired) electrons. The van der Waals surface area contributed by atoms with Crippen LogP contribution in [0, 0.1) is 6.57 Å². The maximum absolute atomic E-state index is 6.56. The second kappa shape index (κ2) is 4.39. The van der Waals surface area contributed by atoms with Crippen molar-refractivity contribution in [1.82, 2.24) is 0 Å². The van der Waals surface area contributed by atoms with Gasteiger partial charge >= 0.3 is 0 Å². The predicted octanol–water partition coefficient (Wildman–Crippen LogP) is 2.26. The van der Waals surface area contributed by atoms with Gasteiger partial charge in [-0.05, 0) is 12.5 Å². The Kier molecular flexibility index (Phi) is 3.97. The van der Waals surface area contributed by atoms with Crippen LogP contribution in [-0.2, 0) is 0 Å². The molecular formula is C7H11N. The quantitative estimate of drug-likeness (QED) is 0.378. The average molecular weight is 109 g/mol. The Morgan fingerprint density at radius 2 is 2.38 bits per heavy atom. The first kappa shape index (κ1) is 7.23. The fraction of sp³-hybridized carbons (Fsp3) is 0.571. The summed E-state index contributed by atoms with van der Waals surface area (Å²) in [6, 6.07) is 0.0648. The van der Waals surface area contributed by atoms with Crippen LogP contribution >= 0.6 is 0 Å². The minimum atomic E-state index is 0.0648. The number of allylic oxidation sites excluding steroid dienone is 1. The fourth-order valence-electron chi connectivity index (χ4n) is 0.376. The zero-order chi connectivity index (χ0) is 6.41. The van der Waals surface area contributed by atoms with E-state index in [1.54, 1.807) is 0 Å². The second-order valence-corrected chi connectivity index (χ2v) is 1.71. The van der Waals surface area contributed by atoms with Crippen molar-refractivity contribution in [3.8, 4) is 0 Å². The third kappa shape index (κ3) is 3.42. The first-order valence-corrected chi connectivity index (χ1v) is 2.84. The van der Waals surface area contributed by atoms with Crippen molar-refractivity contribution >= 4 is 0 Å². The molecule has 0 spiro atoms. The zero-order valence-corrected chi connectivity index (χ0v) is 5.39. The van der Waals surface area contributed by atoms with E-state index >= 15 is 0 Å². The van der Waals surface area contributed by atoms with Gasteiger partial charge in [0, 0.05) is 6.92 Å². The number of nitrogens with zero attached hydrogens (tertiary/aromatic N) is 1. The molecule has 1 heteroatoms. The summed E-state index contributed by atoms with van der Waals surface area (Å²) in [5.41, 5.74) is 0. The lowest BCUT2D eigenvalue weighted by Crippen LogP contribution is -1.84. The van der Waals surface area contributed by atoms with Gasteiger partial charge in [-0.3, -0.25) is 0 Å². The molecule has 0 aromatic heterocycles. The van der Waals surface area contributed by atoms with E-state index in [4.69, 9.17) is 6.57 Å². The van der Waals surface area contributed by atoms with Gasteiger partial charge in [0.1, 0.15) is 0 Å². The van der Waals surface area contributed by atoms with Crippen LogP contribution in [0.3, 0.4) is 0 Å². The second-order valence-electron chi connectivity index (χ2n) is 1.71. The summed E-state index contributed by atoms with van der Waals surface area (Å²) >= 11 is 0. The third-order valence-electron chi connectivity index (χ3n) is 0.854. The van der Waals surface area contributed by atoms with Gasteiger partial charge in [-0.1, -0.05) is 13.0 Å². The topological polar surface area (TPSA) is 4.36 Å². The monoisotopic (exact) mass is 109 g/mol. The molecule has 1 nitrogen and oxygen atoms in total. The summed E-state index contributed by atoms with van der Waals surface area (Å²) < 4.78 is 0. The van der Waals surface area contributed by atoms with Gasteiger partial charge in [0.15, 0.2) is 0 Å². The highest BCUT2D eigenvalue weighted by Crippen LogP contribution is 1.91. The molecule has 0 rings (SSSR count). The van der Waals surface area contributed by atoms with Crippen LogP contribution < -0.4 is 0 Å². The van der Waals surface area contributed by atoms with Crippen LogP contribution in [0.25, 0.3) is 4.85 Å². The van der Waals surface area contributed by atoms with Crippen molar-refractivity contribution in [1.29, 1.82) is 0 Å². The Balaban J connectivity index is 3.40. The Morgan fingerprint density at radius 1 is 1.75 bits per heavy atom. The first-order valence-electron chi connectivity index (χ1n) is 2.84. The number of rotatable bonds is 2. The molecule has 44 valence electrons. The summed E-state index contributed by atoms with van der Waals surface area (Å²) in [6.07, 6.45) is 4.97. The Hall–Kier alpha value is -0.770. The van der Waals surface area contributed by atoms with Crippen LogP contribution in [0.4, 0.5) is 0 Å². The standard InChI is InChI=1S/C7H11N/c1-4-5-6-7(2)8-3/h5-7H,4H2,1-2H3/b6-5+. The maximum Gasteiger partial charge on any atom is 0.239 e. The zero-order valence-electron chi connectivity index (χ0n) is 5.39. The molecule has 0 amide bonds. The minimum Gasteiger partial charge on any atom is -0.309 e. The smallest absolute Gasteiger partial charge is 0.239 e. The molecule has 0 aromatic carbocycles. The Bertz CT molecular complexity index is 108. The lowest BCUT2D eigenvalue weighted by molar-refractivity contribution is 1.07. The highest BCUT2D eigenvalue weighted by Gasteiger charge is 1.91. The van der Waals surface area contributed by atoms with E-state index in [9.17, 15) is 0 Å². The third-order valence-corrected chi connectivity index (χ3v) is 0.854. The van der Waals surface area contributed by atoms with Crippen LogP contribution in [0.5, 0.6) is 0 Å². The van der Waals surface area contributed by atoms with Gasteiger partial charge in [-0.25, -0.2) is 6.57 Å². The molecule has 0 aliphatic heterocycles. The van der Waals surface area contributed by atoms with Crippen LogP contribution in [0.1, 0.15) is 20.3 Å². The lowest BCUT2D eigenvalue weighted by atomic mass is 10.3. The van der Waals surface area contributed by atoms with Gasteiger partial charge in [0.2, 0.25) is 6.04 Å². The van der Waals surface area contributed by atoms with Crippen LogP contribution in [-0.4, -0.2) is 6.04 Å². The van der Waals surface area contributed by atoms with Crippen LogP contribution in [0.15, 0.2) is 12.2 Å². The molecule has 8 heavy (non-hydrogen) atoms. The van der Waals surface area contributed by atoms with E-state index in [2.05, 4.69) is 11.8 Å². The summed E-state index contributed by atoms with van der Waals surface area (Å²) in [7, 11) is 0. The van der Waals surface area contributed by atoms with Crippen molar-refractivity contribution in [2.75, 3.05) is 0 Å². The molecule has 0 aliphatic rings. The van der Waals surface area contributed by atoms with Gasteiger partial charge in [-0.2, -0.15) is 0 Å². The normalized spacial score (nSPS) is 13.6. The molecule has 0 bridgehead atoms. The molecule has 0 saturated heterocycles. The summed E-state index contributed by atoms with van der Waals surface area (Å²) in [6.45, 7) is 10.5. The number of hydrogen-bond acceptors (Lipinski definition) is 0. The average Bonchev–Trinajstić information content (AvgIpc) is 1.83. The van der Waals surface area contributed by atoms with E-state index in [1.165, 1.54) is 0 Å². The molecule has 0 N–H and O–H groups in total. The van der Waals surface area contributed by atoms with Crippen molar-refractivity contribution in [3.05, 3.63) is 23.6 Å². The number of hydrogen-bond donors (Lipinski definition) is 0. The van der Waals surface area contributed by atoms with Crippen molar-refractivity contribution in [2.24, 2.45) is 0 Å². The molecule has 1 atom stereocenters. The highest BCUT2D eigenvalue weighted by atomic mass is 14.7. The highest BCUT2D eigenvalue weighted by molar-refractivity contribution is 4.95. The molecule has 1 unspecified atom stereocenters. The first-order chi connectivity index (χ1) is 3.81. The van der Waals surface area contributed by atoms with Crippen LogP contribution in [0.2, 0.25) is 0 Å².